The average Bonchev–Trinajstić information content (AvgIpc) is 3.54. The van der Waals surface area contributed by atoms with Crippen LogP contribution in [0.4, 0.5) is 10.1 Å². The molecule has 5 rings (SSSR count). The van der Waals surface area contributed by atoms with Gasteiger partial charge in [-0.25, -0.2) is 4.39 Å². The Kier molecular flexibility index (Phi) is 7.72. The molecule has 194 valence electrons. The normalized spacial score (nSPS) is 16.9. The number of carbonyl (C=O) groups is 1. The van der Waals surface area contributed by atoms with Gasteiger partial charge >= 0.3 is 0 Å². The average molecular weight is 548 g/mol. The Morgan fingerprint density at radius 3 is 2.71 bits per heavy atom. The lowest BCUT2D eigenvalue weighted by Gasteiger charge is -2.29. The second-order valence-corrected chi connectivity index (χ2v) is 9.82. The number of thiocarbonyl (C=S) groups is 1. The van der Waals surface area contributed by atoms with E-state index in [1.807, 2.05) is 70.3 Å². The fourth-order valence-corrected chi connectivity index (χ4v) is 5.36. The van der Waals surface area contributed by atoms with Gasteiger partial charge in [0, 0.05) is 42.4 Å². The molecule has 0 radical (unpaired) electrons. The van der Waals surface area contributed by atoms with E-state index in [9.17, 15) is 9.18 Å². The molecule has 6 nitrogen and oxygen atoms in total. The summed E-state index contributed by atoms with van der Waals surface area (Å²) in [6.07, 6.45) is 4.72. The highest BCUT2D eigenvalue weighted by Gasteiger charge is 2.41. The lowest BCUT2D eigenvalue weighted by atomic mass is 10.0. The van der Waals surface area contributed by atoms with Gasteiger partial charge in [0.25, 0.3) is 0 Å². The van der Waals surface area contributed by atoms with Crippen LogP contribution < -0.4 is 10.6 Å². The van der Waals surface area contributed by atoms with Gasteiger partial charge in [0.15, 0.2) is 5.11 Å². The van der Waals surface area contributed by atoms with E-state index < -0.39 is 5.82 Å². The van der Waals surface area contributed by atoms with Gasteiger partial charge in [-0.1, -0.05) is 42.8 Å². The third-order valence-corrected chi connectivity index (χ3v) is 7.36. The molecule has 0 bridgehead atoms. The van der Waals surface area contributed by atoms with E-state index in [4.69, 9.17) is 23.8 Å². The predicted molar refractivity (Wildman–Crippen MR) is 152 cm³/mol. The van der Waals surface area contributed by atoms with Crippen molar-refractivity contribution in [3.8, 4) is 5.69 Å². The molecule has 2 aromatic carbocycles. The Balaban J connectivity index is 1.45. The maximum Gasteiger partial charge on any atom is 0.226 e. The largest absolute Gasteiger partial charge is 0.352 e. The summed E-state index contributed by atoms with van der Waals surface area (Å²) in [6, 6.07) is 21.6. The van der Waals surface area contributed by atoms with Gasteiger partial charge in [0.1, 0.15) is 5.82 Å². The Hall–Kier alpha value is -3.75. The fraction of sp³-hybridized carbons (Fsp3) is 0.207. The molecule has 1 amide bonds. The second kappa shape index (κ2) is 11.3. The minimum absolute atomic E-state index is 0.0457. The van der Waals surface area contributed by atoms with E-state index in [-0.39, 0.29) is 29.4 Å². The van der Waals surface area contributed by atoms with Crippen molar-refractivity contribution in [2.75, 3.05) is 11.9 Å². The molecule has 4 aromatic rings. The second-order valence-electron chi connectivity index (χ2n) is 9.03. The summed E-state index contributed by atoms with van der Waals surface area (Å²) >= 11 is 11.9. The number of benzene rings is 2. The molecular weight excluding hydrogens is 521 g/mol. The number of amides is 1. The molecule has 3 heterocycles. The molecule has 1 aliphatic rings. The lowest BCUT2D eigenvalue weighted by Crippen LogP contribution is -2.33. The number of pyridine rings is 1. The zero-order valence-corrected chi connectivity index (χ0v) is 22.3. The van der Waals surface area contributed by atoms with Crippen molar-refractivity contribution in [2.45, 2.75) is 31.8 Å². The summed E-state index contributed by atoms with van der Waals surface area (Å²) < 4.78 is 15.9. The highest BCUT2D eigenvalue weighted by Crippen LogP contribution is 2.39. The van der Waals surface area contributed by atoms with Crippen molar-refractivity contribution in [3.63, 3.8) is 0 Å². The fourth-order valence-electron chi connectivity index (χ4n) is 4.86. The predicted octanol–water partition coefficient (Wildman–Crippen LogP) is 6.23. The lowest BCUT2D eigenvalue weighted by molar-refractivity contribution is -0.116. The molecule has 0 unspecified atom stereocenters. The molecule has 9 heteroatoms. The highest BCUT2D eigenvalue weighted by atomic mass is 35.5. The summed E-state index contributed by atoms with van der Waals surface area (Å²) in [5.74, 6) is -0.564. The van der Waals surface area contributed by atoms with Crippen LogP contribution in [0.1, 0.15) is 42.4 Å². The number of halogens is 2. The zero-order valence-electron chi connectivity index (χ0n) is 20.8. The molecular formula is C29H27ClFN5OS. The number of aryl methyl sites for hydroxylation is 1. The number of anilines is 1. The van der Waals surface area contributed by atoms with Crippen LogP contribution >= 0.6 is 23.8 Å². The number of para-hydroxylation sites is 1. The first-order valence-electron chi connectivity index (χ1n) is 12.4. The van der Waals surface area contributed by atoms with Gasteiger partial charge in [-0.15, -0.1) is 0 Å². The first-order chi connectivity index (χ1) is 18.5. The maximum absolute atomic E-state index is 13.9. The van der Waals surface area contributed by atoms with Crippen molar-refractivity contribution in [1.82, 2.24) is 19.8 Å². The number of carbonyl (C=O) groups excluding carboxylic acids is 1. The minimum atomic E-state index is -0.475. The quantitative estimate of drug-likeness (QED) is 0.256. The first-order valence-corrected chi connectivity index (χ1v) is 13.2. The SMILES string of the molecule is CCc1ccccc1NC(=O)CCN1C(=S)N[C@H](c2ccccn2)[C@H]1c1cccn1-c1ccc(F)c(Cl)c1. The van der Waals surface area contributed by atoms with Crippen molar-refractivity contribution in [1.29, 1.82) is 0 Å². The first kappa shape index (κ1) is 25.9. The molecule has 38 heavy (non-hydrogen) atoms. The van der Waals surface area contributed by atoms with Crippen LogP contribution in [0, 0.1) is 5.82 Å². The molecule has 2 aromatic heterocycles. The van der Waals surface area contributed by atoms with Crippen molar-refractivity contribution < 1.29 is 9.18 Å². The summed E-state index contributed by atoms with van der Waals surface area (Å²) in [7, 11) is 0. The summed E-state index contributed by atoms with van der Waals surface area (Å²) in [5, 5.41) is 7.04. The van der Waals surface area contributed by atoms with Gasteiger partial charge in [-0.2, -0.15) is 0 Å². The van der Waals surface area contributed by atoms with Gasteiger partial charge in [0.2, 0.25) is 5.91 Å². The van der Waals surface area contributed by atoms with E-state index >= 15 is 0 Å². The van der Waals surface area contributed by atoms with Crippen LogP contribution in [0.2, 0.25) is 5.02 Å². The third-order valence-electron chi connectivity index (χ3n) is 6.71. The monoisotopic (exact) mass is 547 g/mol. The summed E-state index contributed by atoms with van der Waals surface area (Å²) in [5.41, 5.74) is 4.37. The molecule has 1 fully saturated rings. The number of nitrogens with one attached hydrogen (secondary N) is 2. The van der Waals surface area contributed by atoms with Crippen LogP contribution in [0.5, 0.6) is 0 Å². The molecule has 0 aliphatic carbocycles. The van der Waals surface area contributed by atoms with Crippen molar-refractivity contribution in [2.24, 2.45) is 0 Å². The number of hydrogen-bond donors (Lipinski definition) is 2. The topological polar surface area (TPSA) is 62.2 Å². The van der Waals surface area contributed by atoms with Crippen molar-refractivity contribution >= 4 is 40.5 Å². The Morgan fingerprint density at radius 2 is 1.95 bits per heavy atom. The van der Waals surface area contributed by atoms with Crippen LogP contribution in [0.25, 0.3) is 5.69 Å². The molecule has 0 spiro atoms. The van der Waals surface area contributed by atoms with E-state index in [0.29, 0.717) is 11.7 Å². The molecule has 1 saturated heterocycles. The van der Waals surface area contributed by atoms with Crippen molar-refractivity contribution in [3.05, 3.63) is 113 Å². The smallest absolute Gasteiger partial charge is 0.226 e. The minimum Gasteiger partial charge on any atom is -0.352 e. The number of aromatic nitrogens is 2. The van der Waals surface area contributed by atoms with E-state index in [0.717, 1.165) is 34.7 Å². The number of nitrogens with zero attached hydrogens (tertiary/aromatic N) is 3. The zero-order chi connectivity index (χ0) is 26.6. The Bertz CT molecular complexity index is 1460. The standard InChI is InChI=1S/C29H27ClFN5OS/c1-2-19-8-3-4-9-23(19)33-26(37)14-17-36-28(27(34-29(36)38)24-10-5-6-15-32-24)25-11-7-16-35(25)20-12-13-22(31)21(30)18-20/h3-13,15-16,18,27-28H,2,14,17H2,1H3,(H,33,37)(H,34,38)/t27-,28-/m1/s1. The van der Waals surface area contributed by atoms with Gasteiger partial charge in [0.05, 0.1) is 22.8 Å². The summed E-state index contributed by atoms with van der Waals surface area (Å²) in [4.78, 5) is 19.6. The highest BCUT2D eigenvalue weighted by molar-refractivity contribution is 7.80. The van der Waals surface area contributed by atoms with Crippen LogP contribution in [0.15, 0.2) is 85.2 Å². The molecule has 2 atom stereocenters. The van der Waals surface area contributed by atoms with Crippen LogP contribution in [-0.4, -0.2) is 32.0 Å². The van der Waals surface area contributed by atoms with Crippen LogP contribution in [0.3, 0.4) is 0 Å². The third kappa shape index (κ3) is 5.28. The molecule has 0 saturated carbocycles. The van der Waals surface area contributed by atoms with Gasteiger partial charge in [-0.3, -0.25) is 9.78 Å². The summed E-state index contributed by atoms with van der Waals surface area (Å²) in [6.45, 7) is 2.46. The van der Waals surface area contributed by atoms with Crippen LogP contribution in [-0.2, 0) is 11.2 Å². The van der Waals surface area contributed by atoms with E-state index in [2.05, 4.69) is 22.5 Å². The maximum atomic E-state index is 13.9. The molecule has 2 N–H and O–H groups in total. The van der Waals surface area contributed by atoms with Gasteiger partial charge in [-0.05, 0) is 72.7 Å². The number of rotatable bonds is 8. The van der Waals surface area contributed by atoms with Gasteiger partial charge < -0.3 is 20.1 Å². The van der Waals surface area contributed by atoms with E-state index in [1.165, 1.54) is 6.07 Å². The number of hydrogen-bond acceptors (Lipinski definition) is 3. The molecule has 1 aliphatic heterocycles. The Morgan fingerprint density at radius 1 is 1.13 bits per heavy atom. The van der Waals surface area contributed by atoms with E-state index in [1.54, 1.807) is 18.3 Å². The Labute approximate surface area is 231 Å².